The van der Waals surface area contributed by atoms with Gasteiger partial charge in [-0.1, -0.05) is 69.7 Å². The van der Waals surface area contributed by atoms with Gasteiger partial charge in [-0.15, -0.1) is 0 Å². The minimum Gasteiger partial charge on any atom is -0.362 e. The van der Waals surface area contributed by atoms with Crippen LogP contribution in [0.1, 0.15) is 56.8 Å². The van der Waals surface area contributed by atoms with Crippen LogP contribution in [0.5, 0.6) is 0 Å². The summed E-state index contributed by atoms with van der Waals surface area (Å²) in [5, 5.41) is 15.4. The number of nitrogens with zero attached hydrogens (tertiary/aromatic N) is 2. The fourth-order valence-corrected chi connectivity index (χ4v) is 4.98. The number of hydrogen-bond acceptors (Lipinski definition) is 3. The number of amides is 1. The quantitative estimate of drug-likeness (QED) is 0.587. The molecule has 1 N–H and O–H groups in total. The lowest BCUT2D eigenvalue weighted by atomic mass is 9.64. The van der Waals surface area contributed by atoms with Crippen molar-refractivity contribution in [3.8, 4) is 11.1 Å². The summed E-state index contributed by atoms with van der Waals surface area (Å²) in [6, 6.07) is 15.8. The Hall–Kier alpha value is -2.67. The van der Waals surface area contributed by atoms with Gasteiger partial charge in [0.25, 0.3) is 11.6 Å². The normalized spacial score (nSPS) is 25.5. The van der Waals surface area contributed by atoms with Gasteiger partial charge in [0.15, 0.2) is 0 Å². The molecule has 33 heavy (non-hydrogen) atoms. The summed E-state index contributed by atoms with van der Waals surface area (Å²) in [6.45, 7) is 6.10. The predicted molar refractivity (Wildman–Crippen MR) is 121 cm³/mol. The molecular formula is C26H29F3N2O2. The van der Waals surface area contributed by atoms with Gasteiger partial charge in [-0.3, -0.25) is 4.79 Å². The van der Waals surface area contributed by atoms with Gasteiger partial charge in [0.1, 0.15) is 0 Å². The minimum absolute atomic E-state index is 0.000493. The Balaban J connectivity index is 1.66. The van der Waals surface area contributed by atoms with Crippen LogP contribution >= 0.6 is 0 Å². The fourth-order valence-electron chi connectivity index (χ4n) is 4.98. The first-order chi connectivity index (χ1) is 15.5. The predicted octanol–water partition coefficient (Wildman–Crippen LogP) is 6.27. The second kappa shape index (κ2) is 8.28. The van der Waals surface area contributed by atoms with E-state index in [1.54, 1.807) is 12.1 Å². The molecule has 0 unspecified atom stereocenters. The van der Waals surface area contributed by atoms with Crippen molar-refractivity contribution >= 4 is 11.6 Å². The summed E-state index contributed by atoms with van der Waals surface area (Å²) in [5.74, 6) is -2.21. The third kappa shape index (κ3) is 3.97. The van der Waals surface area contributed by atoms with Crippen LogP contribution < -0.4 is 0 Å². The van der Waals surface area contributed by atoms with Gasteiger partial charge in [-0.05, 0) is 53.9 Å². The molecule has 0 radical (unpaired) electrons. The lowest BCUT2D eigenvalue weighted by Gasteiger charge is -2.43. The lowest BCUT2D eigenvalue weighted by molar-refractivity contribution is -0.314. The average molecular weight is 459 g/mol. The Kier molecular flexibility index (Phi) is 5.89. The molecule has 2 aliphatic rings. The standard InChI is InChI=1S/C26H29F3N2O2/c1-4-24(2,3)20-14-15-22-21(16-20)25(33,26(27,28)29)31(30-22)23(32)19-12-10-18(11-13-19)17-8-6-5-7-9-17/h5-13,20-21,33H,4,14-16H2,1-3H3/t20-,21+,25-/m1/s1. The van der Waals surface area contributed by atoms with Crippen LogP contribution in [0, 0.1) is 17.3 Å². The minimum atomic E-state index is -5.04. The van der Waals surface area contributed by atoms with Gasteiger partial charge in [0, 0.05) is 11.3 Å². The fraction of sp³-hybridized carbons (Fsp3) is 0.462. The molecule has 1 fully saturated rings. The highest BCUT2D eigenvalue weighted by Crippen LogP contribution is 2.52. The first-order valence-electron chi connectivity index (χ1n) is 11.4. The van der Waals surface area contributed by atoms with E-state index in [1.165, 1.54) is 12.1 Å². The number of halogens is 3. The molecule has 2 aromatic carbocycles. The first-order valence-corrected chi connectivity index (χ1v) is 11.4. The maximum atomic E-state index is 14.3. The van der Waals surface area contributed by atoms with E-state index in [0.29, 0.717) is 12.8 Å². The molecule has 176 valence electrons. The van der Waals surface area contributed by atoms with Crippen LogP contribution in [0.25, 0.3) is 11.1 Å². The number of carbonyl (C=O) groups excluding carboxylic acids is 1. The van der Waals surface area contributed by atoms with Crippen molar-refractivity contribution in [2.45, 2.75) is 58.4 Å². The number of hydrazone groups is 1. The second-order valence-corrected chi connectivity index (χ2v) is 9.74. The molecular weight excluding hydrogens is 429 g/mol. The van der Waals surface area contributed by atoms with Gasteiger partial charge < -0.3 is 5.11 Å². The molecule has 3 atom stereocenters. The third-order valence-corrected chi connectivity index (χ3v) is 7.57. The van der Waals surface area contributed by atoms with E-state index in [4.69, 9.17) is 0 Å². The Morgan fingerprint density at radius 1 is 1.09 bits per heavy atom. The van der Waals surface area contributed by atoms with Gasteiger partial charge in [0.2, 0.25) is 0 Å². The molecule has 0 aromatic heterocycles. The third-order valence-electron chi connectivity index (χ3n) is 7.57. The summed E-state index contributed by atoms with van der Waals surface area (Å²) >= 11 is 0. The zero-order valence-corrected chi connectivity index (χ0v) is 19.1. The van der Waals surface area contributed by atoms with Crippen molar-refractivity contribution < 1.29 is 23.1 Å². The van der Waals surface area contributed by atoms with Crippen molar-refractivity contribution in [2.75, 3.05) is 0 Å². The smallest absolute Gasteiger partial charge is 0.362 e. The number of fused-ring (bicyclic) bond motifs is 1. The maximum Gasteiger partial charge on any atom is 0.439 e. The van der Waals surface area contributed by atoms with E-state index < -0.39 is 23.7 Å². The van der Waals surface area contributed by atoms with E-state index in [-0.39, 0.29) is 34.0 Å². The van der Waals surface area contributed by atoms with E-state index in [2.05, 4.69) is 5.10 Å². The maximum absolute atomic E-state index is 14.3. The molecule has 7 heteroatoms. The molecule has 0 spiro atoms. The molecule has 0 saturated heterocycles. The topological polar surface area (TPSA) is 52.9 Å². The highest BCUT2D eigenvalue weighted by atomic mass is 19.4. The van der Waals surface area contributed by atoms with E-state index >= 15 is 0 Å². The lowest BCUT2D eigenvalue weighted by Crippen LogP contribution is -2.62. The van der Waals surface area contributed by atoms with Crippen molar-refractivity contribution in [2.24, 2.45) is 22.4 Å². The van der Waals surface area contributed by atoms with E-state index in [1.807, 2.05) is 51.1 Å². The van der Waals surface area contributed by atoms with Crippen LogP contribution in [0.4, 0.5) is 13.2 Å². The van der Waals surface area contributed by atoms with Gasteiger partial charge in [-0.2, -0.15) is 23.3 Å². The second-order valence-electron chi connectivity index (χ2n) is 9.74. The molecule has 4 rings (SSSR count). The largest absolute Gasteiger partial charge is 0.439 e. The molecule has 2 aromatic rings. The highest BCUT2D eigenvalue weighted by molar-refractivity contribution is 5.99. The average Bonchev–Trinajstić information content (AvgIpc) is 3.12. The SMILES string of the molecule is CCC(C)(C)[C@@H]1CCC2=NN(C(=O)c3ccc(-c4ccccc4)cc3)[C@](O)(C(F)(F)F)[C@H]2C1. The monoisotopic (exact) mass is 458 g/mol. The van der Waals surface area contributed by atoms with Crippen LogP contribution in [0.2, 0.25) is 0 Å². The number of carbonyl (C=O) groups is 1. The number of rotatable bonds is 4. The van der Waals surface area contributed by atoms with Crippen molar-refractivity contribution in [3.05, 3.63) is 60.2 Å². The van der Waals surface area contributed by atoms with Crippen LogP contribution in [-0.4, -0.2) is 33.6 Å². The molecule has 4 nitrogen and oxygen atoms in total. The van der Waals surface area contributed by atoms with Crippen molar-refractivity contribution in [1.82, 2.24) is 5.01 Å². The number of hydrogen-bond donors (Lipinski definition) is 1. The number of benzene rings is 2. The van der Waals surface area contributed by atoms with Crippen molar-refractivity contribution in [3.63, 3.8) is 0 Å². The molecule has 1 aliphatic heterocycles. The van der Waals surface area contributed by atoms with Crippen LogP contribution in [-0.2, 0) is 0 Å². The Morgan fingerprint density at radius 2 is 1.70 bits per heavy atom. The van der Waals surface area contributed by atoms with Crippen LogP contribution in [0.3, 0.4) is 0 Å². The highest BCUT2D eigenvalue weighted by Gasteiger charge is 2.69. The number of alkyl halides is 3. The summed E-state index contributed by atoms with van der Waals surface area (Å²) in [4.78, 5) is 13.2. The zero-order valence-electron chi connectivity index (χ0n) is 19.1. The summed E-state index contributed by atoms with van der Waals surface area (Å²) < 4.78 is 42.9. The Morgan fingerprint density at radius 3 is 2.27 bits per heavy atom. The van der Waals surface area contributed by atoms with Crippen molar-refractivity contribution in [1.29, 1.82) is 0 Å². The van der Waals surface area contributed by atoms with E-state index in [0.717, 1.165) is 17.5 Å². The summed E-state index contributed by atoms with van der Waals surface area (Å²) in [5.41, 5.74) is -1.44. The molecule has 1 aliphatic carbocycles. The molecule has 1 saturated carbocycles. The molecule has 1 heterocycles. The van der Waals surface area contributed by atoms with Gasteiger partial charge in [0.05, 0.1) is 5.92 Å². The van der Waals surface area contributed by atoms with E-state index in [9.17, 15) is 23.1 Å². The Bertz CT molecular complexity index is 1050. The zero-order chi connectivity index (χ0) is 24.0. The first kappa shape index (κ1) is 23.5. The molecule has 1 amide bonds. The summed E-state index contributed by atoms with van der Waals surface area (Å²) in [7, 11) is 0. The number of aliphatic hydroxyl groups is 1. The van der Waals surface area contributed by atoms with Gasteiger partial charge >= 0.3 is 6.18 Å². The van der Waals surface area contributed by atoms with Gasteiger partial charge in [-0.25, -0.2) is 0 Å². The van der Waals surface area contributed by atoms with Crippen LogP contribution in [0.15, 0.2) is 59.7 Å². The summed E-state index contributed by atoms with van der Waals surface area (Å²) in [6.07, 6.45) is -3.04. The molecule has 0 bridgehead atoms. The Labute approximate surface area is 192 Å².